The zero-order chi connectivity index (χ0) is 9.28. The van der Waals surface area contributed by atoms with Gasteiger partial charge in [-0.15, -0.1) is 0 Å². The van der Waals surface area contributed by atoms with Gasteiger partial charge in [-0.1, -0.05) is 34.6 Å². The normalized spacial score (nSPS) is 21.2. The highest BCUT2D eigenvalue weighted by molar-refractivity contribution is 5.80. The van der Waals surface area contributed by atoms with E-state index in [1.54, 1.807) is 0 Å². The van der Waals surface area contributed by atoms with Gasteiger partial charge in [0.2, 0.25) is 0 Å². The summed E-state index contributed by atoms with van der Waals surface area (Å²) in [7, 11) is 0. The third-order valence-corrected chi connectivity index (χ3v) is 1.49. The van der Waals surface area contributed by atoms with Crippen molar-refractivity contribution in [3.63, 3.8) is 0 Å². The molecule has 1 atom stereocenters. The van der Waals surface area contributed by atoms with Crippen LogP contribution in [0.4, 0.5) is 0 Å². The van der Waals surface area contributed by atoms with Crippen LogP contribution in [0.2, 0.25) is 0 Å². The summed E-state index contributed by atoms with van der Waals surface area (Å²) < 4.78 is 0. The van der Waals surface area contributed by atoms with Gasteiger partial charge in [0.05, 0.1) is 0 Å². The molecule has 1 heteroatoms. The fraction of sp³-hybridized carbons (Fsp3) is 0.900. The van der Waals surface area contributed by atoms with E-state index in [1.165, 1.54) is 0 Å². The number of hydrogen-bond donors (Lipinski definition) is 0. The predicted molar refractivity (Wildman–Crippen MR) is 50.7 cm³/mol. The molecule has 11 heavy (non-hydrogen) atoms. The van der Waals surface area contributed by atoms with Gasteiger partial charge >= 0.3 is 0 Å². The highest BCUT2D eigenvalue weighted by Crippen LogP contribution is 2.19. The van der Waals surface area contributed by atoms with Crippen LogP contribution in [0.15, 0.2) is 0 Å². The Bertz CT molecular complexity index is 86.9. The summed E-state index contributed by atoms with van der Waals surface area (Å²) >= 11 is 0. The molecule has 1 rings (SSSR count). The molecule has 0 radical (unpaired) electrons. The maximum Gasteiger partial charge on any atom is 0.133 e. The number of hydrogen-bond acceptors (Lipinski definition) is 1. The molecule has 0 bridgehead atoms. The molecule has 0 aliphatic heterocycles. The summed E-state index contributed by atoms with van der Waals surface area (Å²) in [5, 5.41) is 0. The monoisotopic (exact) mass is 158 g/mol. The van der Waals surface area contributed by atoms with E-state index < -0.39 is 0 Å². The average Bonchev–Trinajstić information content (AvgIpc) is 2.43. The molecule has 0 aromatic carbocycles. The smallest absolute Gasteiger partial charge is 0.133 e. The van der Waals surface area contributed by atoms with Crippen LogP contribution in [-0.4, -0.2) is 5.78 Å². The van der Waals surface area contributed by atoms with Gasteiger partial charge < -0.3 is 0 Å². The van der Waals surface area contributed by atoms with Crippen LogP contribution in [0.25, 0.3) is 0 Å². The Morgan fingerprint density at radius 3 is 1.73 bits per heavy atom. The van der Waals surface area contributed by atoms with Crippen molar-refractivity contribution in [2.45, 2.75) is 53.9 Å². The Labute approximate surface area is 71.2 Å². The molecule has 0 N–H and O–H groups in total. The Morgan fingerprint density at radius 1 is 1.18 bits per heavy atom. The van der Waals surface area contributed by atoms with Crippen LogP contribution in [0.1, 0.15) is 53.9 Å². The molecule has 1 aliphatic rings. The van der Waals surface area contributed by atoms with Gasteiger partial charge in [-0.05, 0) is 12.3 Å². The number of carbonyl (C=O) groups is 1. The Kier molecular flexibility index (Phi) is 11.7. The summed E-state index contributed by atoms with van der Waals surface area (Å²) in [5.41, 5.74) is 0. The number of rotatable bonds is 0. The molecule has 0 heterocycles. The first-order chi connectivity index (χ1) is 5.29. The van der Waals surface area contributed by atoms with E-state index in [2.05, 4.69) is 6.92 Å². The summed E-state index contributed by atoms with van der Waals surface area (Å²) in [5.74, 6) is 1.12. The van der Waals surface area contributed by atoms with Gasteiger partial charge in [-0.2, -0.15) is 0 Å². The Balaban J connectivity index is 0. The van der Waals surface area contributed by atoms with Crippen molar-refractivity contribution in [3.05, 3.63) is 0 Å². The molecule has 0 aromatic rings. The highest BCUT2D eigenvalue weighted by Gasteiger charge is 2.16. The van der Waals surface area contributed by atoms with E-state index in [0.717, 1.165) is 19.3 Å². The van der Waals surface area contributed by atoms with E-state index in [0.29, 0.717) is 11.7 Å². The molecular formula is C10H22O. The number of Topliss-reactive ketones (excluding diaryl/α,β-unsaturated/α-hetero) is 1. The maximum absolute atomic E-state index is 10.5. The van der Waals surface area contributed by atoms with Crippen LogP contribution in [0.5, 0.6) is 0 Å². The van der Waals surface area contributed by atoms with E-state index in [9.17, 15) is 4.79 Å². The summed E-state index contributed by atoms with van der Waals surface area (Å²) in [4.78, 5) is 10.5. The van der Waals surface area contributed by atoms with Crippen LogP contribution in [0.3, 0.4) is 0 Å². The van der Waals surface area contributed by atoms with Crippen LogP contribution in [-0.2, 0) is 4.79 Å². The summed E-state index contributed by atoms with van der Waals surface area (Å²) in [6.45, 7) is 10.1. The molecule has 0 spiro atoms. The molecule has 0 saturated heterocycles. The lowest BCUT2D eigenvalue weighted by molar-refractivity contribution is -0.117. The Hall–Kier alpha value is -0.330. The third kappa shape index (κ3) is 7.57. The summed E-state index contributed by atoms with van der Waals surface area (Å²) in [6.07, 6.45) is 2.79. The van der Waals surface area contributed by atoms with E-state index >= 15 is 0 Å². The van der Waals surface area contributed by atoms with Gasteiger partial charge in [0, 0.05) is 12.8 Å². The number of carbonyl (C=O) groups excluding carboxylic acids is 1. The minimum Gasteiger partial charge on any atom is -0.300 e. The lowest BCUT2D eigenvalue weighted by Gasteiger charge is -1.90. The first-order valence-electron chi connectivity index (χ1n) is 4.81. The molecule has 68 valence electrons. The molecule has 1 unspecified atom stereocenters. The van der Waals surface area contributed by atoms with Crippen LogP contribution < -0.4 is 0 Å². The van der Waals surface area contributed by atoms with Gasteiger partial charge in [0.25, 0.3) is 0 Å². The predicted octanol–water partition coefficient (Wildman–Crippen LogP) is 3.43. The van der Waals surface area contributed by atoms with Crippen molar-refractivity contribution in [2.75, 3.05) is 0 Å². The average molecular weight is 158 g/mol. The van der Waals surface area contributed by atoms with Crippen molar-refractivity contribution < 1.29 is 4.79 Å². The Morgan fingerprint density at radius 2 is 1.64 bits per heavy atom. The van der Waals surface area contributed by atoms with Crippen molar-refractivity contribution in [3.8, 4) is 0 Å². The van der Waals surface area contributed by atoms with Crippen molar-refractivity contribution in [1.82, 2.24) is 0 Å². The second-order valence-corrected chi connectivity index (χ2v) is 2.39. The van der Waals surface area contributed by atoms with E-state index in [1.807, 2.05) is 27.7 Å². The van der Waals surface area contributed by atoms with E-state index in [4.69, 9.17) is 0 Å². The maximum atomic E-state index is 10.5. The van der Waals surface area contributed by atoms with Gasteiger partial charge in [0.15, 0.2) is 0 Å². The van der Waals surface area contributed by atoms with Gasteiger partial charge in [0.1, 0.15) is 5.78 Å². The zero-order valence-electron chi connectivity index (χ0n) is 8.61. The lowest BCUT2D eigenvalue weighted by Crippen LogP contribution is -1.86. The van der Waals surface area contributed by atoms with Gasteiger partial charge in [-0.3, -0.25) is 4.79 Å². The molecule has 1 saturated carbocycles. The number of ketones is 1. The fourth-order valence-electron chi connectivity index (χ4n) is 1.00. The molecule has 0 amide bonds. The second-order valence-electron chi connectivity index (χ2n) is 2.39. The fourth-order valence-corrected chi connectivity index (χ4v) is 1.00. The molecule has 1 nitrogen and oxygen atoms in total. The summed E-state index contributed by atoms with van der Waals surface area (Å²) in [6, 6.07) is 0. The van der Waals surface area contributed by atoms with E-state index in [-0.39, 0.29) is 0 Å². The lowest BCUT2D eigenvalue weighted by atomic mass is 10.1. The minimum atomic E-state index is 0.451. The topological polar surface area (TPSA) is 17.1 Å². The molecule has 1 fully saturated rings. The third-order valence-electron chi connectivity index (χ3n) is 1.49. The van der Waals surface area contributed by atoms with Crippen LogP contribution >= 0.6 is 0 Å². The largest absolute Gasteiger partial charge is 0.300 e. The standard InChI is InChI=1S/C6H10O.2C2H6/c1-5-2-3-6(7)4-5;2*1-2/h5H,2-4H2,1H3;2*1-2H3. The quantitative estimate of drug-likeness (QED) is 0.528. The first-order valence-corrected chi connectivity index (χ1v) is 4.81. The van der Waals surface area contributed by atoms with Crippen molar-refractivity contribution in [2.24, 2.45) is 5.92 Å². The highest BCUT2D eigenvalue weighted by atomic mass is 16.1. The second kappa shape index (κ2) is 9.67. The van der Waals surface area contributed by atoms with Crippen LogP contribution in [0, 0.1) is 5.92 Å². The molecule has 1 aliphatic carbocycles. The molecular weight excluding hydrogens is 136 g/mol. The minimum absolute atomic E-state index is 0.451. The zero-order valence-corrected chi connectivity index (χ0v) is 8.61. The van der Waals surface area contributed by atoms with Crippen molar-refractivity contribution >= 4 is 5.78 Å². The first kappa shape index (κ1) is 13.3. The van der Waals surface area contributed by atoms with Gasteiger partial charge in [-0.25, -0.2) is 0 Å². The van der Waals surface area contributed by atoms with Crippen molar-refractivity contribution in [1.29, 1.82) is 0 Å². The SMILES string of the molecule is CC.CC.CC1CCC(=O)C1. The molecule has 0 aromatic heterocycles.